The van der Waals surface area contributed by atoms with Crippen LogP contribution in [0.1, 0.15) is 33.1 Å². The Hall–Kier alpha value is -0.520. The van der Waals surface area contributed by atoms with E-state index in [4.69, 9.17) is 6.42 Å². The summed E-state index contributed by atoms with van der Waals surface area (Å²) in [7, 11) is 0. The van der Waals surface area contributed by atoms with Crippen LogP contribution >= 0.6 is 0 Å². The van der Waals surface area contributed by atoms with E-state index in [0.717, 1.165) is 18.9 Å². The largest absolute Gasteiger partial charge is 0.317 e. The minimum atomic E-state index is 0.366. The zero-order valence-corrected chi connectivity index (χ0v) is 10.1. The van der Waals surface area contributed by atoms with E-state index in [1.54, 1.807) is 0 Å². The van der Waals surface area contributed by atoms with Crippen molar-refractivity contribution in [3.8, 4) is 12.3 Å². The maximum absolute atomic E-state index is 5.52. The van der Waals surface area contributed by atoms with Gasteiger partial charge in [0.15, 0.2) is 0 Å². The van der Waals surface area contributed by atoms with Crippen LogP contribution in [0.4, 0.5) is 0 Å². The Balaban J connectivity index is 2.26. The van der Waals surface area contributed by atoms with Gasteiger partial charge in [0, 0.05) is 0 Å². The molecule has 0 spiro atoms. The first-order valence-electron chi connectivity index (χ1n) is 6.22. The van der Waals surface area contributed by atoms with Crippen molar-refractivity contribution < 1.29 is 0 Å². The van der Waals surface area contributed by atoms with Gasteiger partial charge in [-0.2, -0.15) is 0 Å². The van der Waals surface area contributed by atoms with Crippen LogP contribution in [0.15, 0.2) is 0 Å². The van der Waals surface area contributed by atoms with Crippen LogP contribution in [0, 0.1) is 18.3 Å². The molecule has 1 saturated heterocycles. The Bertz CT molecular complexity index is 199. The van der Waals surface area contributed by atoms with Gasteiger partial charge in [-0.05, 0) is 51.4 Å². The fourth-order valence-electron chi connectivity index (χ4n) is 2.30. The average Bonchev–Trinajstić information content (AvgIpc) is 2.29. The summed E-state index contributed by atoms with van der Waals surface area (Å²) in [6.07, 6.45) is 9.20. The monoisotopic (exact) mass is 208 g/mol. The van der Waals surface area contributed by atoms with Gasteiger partial charge in [-0.15, -0.1) is 6.42 Å². The summed E-state index contributed by atoms with van der Waals surface area (Å²) < 4.78 is 0. The van der Waals surface area contributed by atoms with E-state index >= 15 is 0 Å². The molecule has 0 radical (unpaired) electrons. The average molecular weight is 208 g/mol. The third-order valence-corrected chi connectivity index (χ3v) is 3.35. The minimum absolute atomic E-state index is 0.366. The van der Waals surface area contributed by atoms with Crippen molar-refractivity contribution in [1.29, 1.82) is 0 Å². The smallest absolute Gasteiger partial charge is 0.0709 e. The SMILES string of the molecule is C#CC(CC)N1CCC(CNCC)CC1. The number of nitrogens with one attached hydrogen (secondary N) is 1. The number of terminal acetylenes is 1. The first kappa shape index (κ1) is 12.5. The Kier molecular flexibility index (Phi) is 5.75. The number of rotatable bonds is 5. The number of likely N-dealkylation sites (tertiary alicyclic amines) is 1. The van der Waals surface area contributed by atoms with Crippen molar-refractivity contribution in [2.24, 2.45) is 5.92 Å². The molecule has 1 aliphatic rings. The Morgan fingerprint density at radius 3 is 2.53 bits per heavy atom. The fraction of sp³-hybridized carbons (Fsp3) is 0.846. The zero-order chi connectivity index (χ0) is 11.1. The van der Waals surface area contributed by atoms with Gasteiger partial charge >= 0.3 is 0 Å². The molecule has 15 heavy (non-hydrogen) atoms. The number of hydrogen-bond acceptors (Lipinski definition) is 2. The van der Waals surface area contributed by atoms with Crippen molar-refractivity contribution >= 4 is 0 Å². The second-order valence-electron chi connectivity index (χ2n) is 4.38. The van der Waals surface area contributed by atoms with Crippen LogP contribution in [0.2, 0.25) is 0 Å². The molecular formula is C13H24N2. The van der Waals surface area contributed by atoms with Crippen molar-refractivity contribution in [3.63, 3.8) is 0 Å². The van der Waals surface area contributed by atoms with E-state index < -0.39 is 0 Å². The summed E-state index contributed by atoms with van der Waals surface area (Å²) in [5.74, 6) is 3.75. The molecule has 1 heterocycles. The third-order valence-electron chi connectivity index (χ3n) is 3.35. The lowest BCUT2D eigenvalue weighted by Gasteiger charge is -2.35. The van der Waals surface area contributed by atoms with Gasteiger partial charge in [-0.25, -0.2) is 0 Å². The molecule has 2 nitrogen and oxygen atoms in total. The van der Waals surface area contributed by atoms with Gasteiger partial charge in [0.2, 0.25) is 0 Å². The highest BCUT2D eigenvalue weighted by atomic mass is 15.2. The molecular weight excluding hydrogens is 184 g/mol. The van der Waals surface area contributed by atoms with E-state index in [0.29, 0.717) is 6.04 Å². The first-order chi connectivity index (χ1) is 7.31. The van der Waals surface area contributed by atoms with Crippen LogP contribution in [0.5, 0.6) is 0 Å². The number of hydrogen-bond donors (Lipinski definition) is 1. The van der Waals surface area contributed by atoms with Gasteiger partial charge in [-0.3, -0.25) is 4.90 Å². The summed E-state index contributed by atoms with van der Waals surface area (Å²) >= 11 is 0. The molecule has 1 unspecified atom stereocenters. The maximum Gasteiger partial charge on any atom is 0.0709 e. The molecule has 86 valence electrons. The standard InChI is InChI=1S/C13H24N2/c1-4-13(5-2)15-9-7-12(8-10-15)11-14-6-3/h1,12-14H,5-11H2,2-3H3. The summed E-state index contributed by atoms with van der Waals surface area (Å²) in [5, 5.41) is 3.43. The van der Waals surface area contributed by atoms with Crippen LogP contribution in [0.3, 0.4) is 0 Å². The predicted octanol–water partition coefficient (Wildman–Crippen LogP) is 1.72. The molecule has 0 aromatic rings. The van der Waals surface area contributed by atoms with Crippen molar-refractivity contribution in [2.45, 2.75) is 39.2 Å². The summed E-state index contributed by atoms with van der Waals surface area (Å²) in [6.45, 7) is 8.96. The molecule has 1 rings (SSSR count). The lowest BCUT2D eigenvalue weighted by Crippen LogP contribution is -2.42. The van der Waals surface area contributed by atoms with Crippen molar-refractivity contribution in [2.75, 3.05) is 26.2 Å². The van der Waals surface area contributed by atoms with Crippen molar-refractivity contribution in [3.05, 3.63) is 0 Å². The first-order valence-corrected chi connectivity index (χ1v) is 6.22. The minimum Gasteiger partial charge on any atom is -0.317 e. The topological polar surface area (TPSA) is 15.3 Å². The molecule has 1 atom stereocenters. The van der Waals surface area contributed by atoms with Crippen molar-refractivity contribution in [1.82, 2.24) is 10.2 Å². The normalized spacial score (nSPS) is 21.1. The molecule has 0 saturated carbocycles. The van der Waals surface area contributed by atoms with Gasteiger partial charge in [0.05, 0.1) is 6.04 Å². The number of nitrogens with zero attached hydrogens (tertiary/aromatic N) is 1. The van der Waals surface area contributed by atoms with Gasteiger partial charge in [0.25, 0.3) is 0 Å². The molecule has 1 aliphatic heterocycles. The highest BCUT2D eigenvalue weighted by Crippen LogP contribution is 2.19. The molecule has 0 aliphatic carbocycles. The van der Waals surface area contributed by atoms with Crippen LogP contribution < -0.4 is 5.32 Å². The summed E-state index contributed by atoms with van der Waals surface area (Å²) in [4.78, 5) is 2.46. The Morgan fingerprint density at radius 2 is 2.07 bits per heavy atom. The van der Waals surface area contributed by atoms with Gasteiger partial charge in [-0.1, -0.05) is 19.8 Å². The van der Waals surface area contributed by atoms with Gasteiger partial charge < -0.3 is 5.32 Å². The molecule has 0 bridgehead atoms. The van der Waals surface area contributed by atoms with E-state index in [-0.39, 0.29) is 0 Å². The van der Waals surface area contributed by atoms with E-state index in [9.17, 15) is 0 Å². The predicted molar refractivity (Wildman–Crippen MR) is 65.8 cm³/mol. The maximum atomic E-state index is 5.52. The van der Waals surface area contributed by atoms with E-state index in [1.165, 1.54) is 32.5 Å². The highest BCUT2D eigenvalue weighted by molar-refractivity contribution is 5.00. The Morgan fingerprint density at radius 1 is 1.40 bits per heavy atom. The quantitative estimate of drug-likeness (QED) is 0.692. The lowest BCUT2D eigenvalue weighted by atomic mass is 9.95. The molecule has 0 aromatic heterocycles. The number of piperidine rings is 1. The van der Waals surface area contributed by atoms with Crippen LogP contribution in [-0.2, 0) is 0 Å². The molecule has 1 fully saturated rings. The van der Waals surface area contributed by atoms with Crippen LogP contribution in [-0.4, -0.2) is 37.1 Å². The second-order valence-corrected chi connectivity index (χ2v) is 4.38. The summed E-state index contributed by atoms with van der Waals surface area (Å²) in [5.41, 5.74) is 0. The molecule has 1 N–H and O–H groups in total. The second kappa shape index (κ2) is 6.87. The Labute approximate surface area is 94.4 Å². The lowest BCUT2D eigenvalue weighted by molar-refractivity contribution is 0.155. The fourth-order valence-corrected chi connectivity index (χ4v) is 2.30. The molecule has 2 heteroatoms. The van der Waals surface area contributed by atoms with Gasteiger partial charge in [0.1, 0.15) is 0 Å². The highest BCUT2D eigenvalue weighted by Gasteiger charge is 2.22. The summed E-state index contributed by atoms with van der Waals surface area (Å²) in [6, 6.07) is 0.366. The van der Waals surface area contributed by atoms with E-state index in [2.05, 4.69) is 30.0 Å². The third kappa shape index (κ3) is 3.85. The zero-order valence-electron chi connectivity index (χ0n) is 10.1. The van der Waals surface area contributed by atoms with E-state index in [1.807, 2.05) is 0 Å². The molecule has 0 amide bonds. The van der Waals surface area contributed by atoms with Crippen LogP contribution in [0.25, 0.3) is 0 Å². The molecule has 0 aromatic carbocycles.